The third-order valence-electron chi connectivity index (χ3n) is 4.71. The zero-order valence-corrected chi connectivity index (χ0v) is 13.4. The Morgan fingerprint density at radius 1 is 0.955 bits per heavy atom. The van der Waals surface area contributed by atoms with Gasteiger partial charge >= 0.3 is 0 Å². The lowest BCUT2D eigenvalue weighted by atomic mass is 10.0. The average Bonchev–Trinajstić information content (AvgIpc) is 2.95. The predicted octanol–water partition coefficient (Wildman–Crippen LogP) is 4.33. The molecule has 0 atom stereocenters. The summed E-state index contributed by atoms with van der Waals surface area (Å²) in [4.78, 5) is 9.56. The summed E-state index contributed by atoms with van der Waals surface area (Å²) >= 11 is 0. The zero-order chi connectivity index (χ0) is 15.5. The normalized spacial score (nSPS) is 17.1. The number of aryl methyl sites for hydroxylation is 1. The van der Waals surface area contributed by atoms with Crippen molar-refractivity contribution in [1.82, 2.24) is 4.57 Å². The molecule has 3 heteroatoms. The van der Waals surface area contributed by atoms with E-state index in [1.165, 1.54) is 21.8 Å². The summed E-state index contributed by atoms with van der Waals surface area (Å²) in [5.41, 5.74) is 4.42. The van der Waals surface area contributed by atoms with E-state index in [9.17, 15) is 0 Å². The quantitative estimate of drug-likeness (QED) is 0.638. The number of fused-ring (bicyclic) bond motifs is 3. The zero-order valence-electron chi connectivity index (χ0n) is 13.4. The number of aliphatic imine (C=N–C) groups is 2. The van der Waals surface area contributed by atoms with Crippen molar-refractivity contribution in [1.29, 1.82) is 0 Å². The van der Waals surface area contributed by atoms with E-state index in [4.69, 9.17) is 9.98 Å². The van der Waals surface area contributed by atoms with Gasteiger partial charge in [-0.05, 0) is 32.9 Å². The Morgan fingerprint density at radius 3 is 2.41 bits per heavy atom. The van der Waals surface area contributed by atoms with Crippen molar-refractivity contribution in [2.75, 3.05) is 0 Å². The summed E-state index contributed by atoms with van der Waals surface area (Å²) < 4.78 is 2.25. The molecule has 0 saturated heterocycles. The molecular formula is C19H19N3. The fourth-order valence-corrected chi connectivity index (χ4v) is 3.20. The van der Waals surface area contributed by atoms with Gasteiger partial charge in [-0.2, -0.15) is 0 Å². The highest BCUT2D eigenvalue weighted by molar-refractivity contribution is 6.21. The molecule has 110 valence electrons. The molecule has 3 nitrogen and oxygen atoms in total. The fraction of sp³-hybridized carbons (Fsp3) is 0.263. The van der Waals surface area contributed by atoms with Gasteiger partial charge in [0.05, 0.1) is 11.1 Å². The molecule has 3 aromatic rings. The molecule has 0 N–H and O–H groups in total. The number of para-hydroxylation sites is 2. The van der Waals surface area contributed by atoms with Gasteiger partial charge in [-0.25, -0.2) is 4.99 Å². The van der Waals surface area contributed by atoms with E-state index in [1.807, 2.05) is 0 Å². The summed E-state index contributed by atoms with van der Waals surface area (Å²) in [5.74, 6) is 0.846. The second-order valence-corrected chi connectivity index (χ2v) is 6.47. The highest BCUT2D eigenvalue weighted by Gasteiger charge is 2.28. The Bertz CT molecular complexity index is 971. The maximum atomic E-state index is 4.83. The molecule has 22 heavy (non-hydrogen) atoms. The van der Waals surface area contributed by atoms with Crippen LogP contribution < -0.4 is 0 Å². The van der Waals surface area contributed by atoms with Crippen LogP contribution >= 0.6 is 0 Å². The van der Waals surface area contributed by atoms with Crippen LogP contribution in [0.5, 0.6) is 0 Å². The van der Waals surface area contributed by atoms with E-state index >= 15 is 0 Å². The lowest BCUT2D eigenvalue weighted by molar-refractivity contribution is 0.713. The van der Waals surface area contributed by atoms with Gasteiger partial charge in [0.2, 0.25) is 0 Å². The van der Waals surface area contributed by atoms with Gasteiger partial charge in [0.25, 0.3) is 0 Å². The number of rotatable bonds is 1. The maximum Gasteiger partial charge on any atom is 0.157 e. The molecule has 1 aliphatic heterocycles. The number of nitrogens with zero attached hydrogens (tertiary/aromatic N) is 3. The topological polar surface area (TPSA) is 29.6 Å². The van der Waals surface area contributed by atoms with Gasteiger partial charge in [0.15, 0.2) is 5.84 Å². The summed E-state index contributed by atoms with van der Waals surface area (Å²) in [6, 6.07) is 14.9. The molecular weight excluding hydrogens is 270 g/mol. The number of aromatic nitrogens is 1. The van der Waals surface area contributed by atoms with Gasteiger partial charge in [-0.3, -0.25) is 4.99 Å². The second-order valence-electron chi connectivity index (χ2n) is 6.47. The van der Waals surface area contributed by atoms with Gasteiger partial charge in [0, 0.05) is 34.6 Å². The third-order valence-corrected chi connectivity index (χ3v) is 4.71. The molecule has 2 heterocycles. The highest BCUT2D eigenvalue weighted by Crippen LogP contribution is 2.32. The lowest BCUT2D eigenvalue weighted by Gasteiger charge is -2.12. The maximum absolute atomic E-state index is 4.83. The third kappa shape index (κ3) is 1.68. The first kappa shape index (κ1) is 13.3. The number of hydrogen-bond acceptors (Lipinski definition) is 2. The Kier molecular flexibility index (Phi) is 2.59. The molecule has 0 amide bonds. The van der Waals surface area contributed by atoms with Crippen LogP contribution in [0.2, 0.25) is 0 Å². The van der Waals surface area contributed by atoms with Crippen molar-refractivity contribution in [3.63, 3.8) is 0 Å². The molecule has 1 aromatic heterocycles. The number of amidine groups is 1. The van der Waals surface area contributed by atoms with E-state index in [2.05, 4.69) is 74.9 Å². The fourth-order valence-electron chi connectivity index (χ4n) is 3.20. The van der Waals surface area contributed by atoms with Gasteiger partial charge in [-0.1, -0.05) is 30.3 Å². The van der Waals surface area contributed by atoms with Crippen molar-refractivity contribution in [2.45, 2.75) is 26.3 Å². The van der Waals surface area contributed by atoms with Gasteiger partial charge in [-0.15, -0.1) is 0 Å². The van der Waals surface area contributed by atoms with Gasteiger partial charge in [0.1, 0.15) is 0 Å². The van der Waals surface area contributed by atoms with Crippen molar-refractivity contribution >= 4 is 33.4 Å². The minimum absolute atomic E-state index is 0.206. The minimum Gasteiger partial charge on any atom is -0.343 e. The van der Waals surface area contributed by atoms with Crippen LogP contribution in [0.4, 0.5) is 0 Å². The minimum atomic E-state index is -0.206. The molecule has 0 saturated carbocycles. The van der Waals surface area contributed by atoms with Crippen molar-refractivity contribution in [3.05, 3.63) is 48.0 Å². The molecule has 4 rings (SSSR count). The number of benzene rings is 2. The Balaban J connectivity index is 2.09. The van der Waals surface area contributed by atoms with E-state index in [-0.39, 0.29) is 5.54 Å². The first-order valence-electron chi connectivity index (χ1n) is 7.61. The first-order valence-corrected chi connectivity index (χ1v) is 7.61. The molecule has 1 aliphatic rings. The smallest absolute Gasteiger partial charge is 0.157 e. The highest BCUT2D eigenvalue weighted by atomic mass is 15.1. The summed E-state index contributed by atoms with van der Waals surface area (Å²) in [5, 5.41) is 2.54. The summed E-state index contributed by atoms with van der Waals surface area (Å²) in [6.45, 7) is 6.28. The van der Waals surface area contributed by atoms with Crippen molar-refractivity contribution in [3.8, 4) is 0 Å². The first-order chi connectivity index (χ1) is 10.5. The Hall–Kier alpha value is -2.42. The summed E-state index contributed by atoms with van der Waals surface area (Å²) in [7, 11) is 2.12. The van der Waals surface area contributed by atoms with E-state index in [0.29, 0.717) is 0 Å². The van der Waals surface area contributed by atoms with Crippen LogP contribution in [0.25, 0.3) is 21.8 Å². The molecule has 0 radical (unpaired) electrons. The monoisotopic (exact) mass is 289 g/mol. The molecule has 0 bridgehead atoms. The molecule has 0 spiro atoms. The molecule has 0 fully saturated rings. The van der Waals surface area contributed by atoms with E-state index in [0.717, 1.165) is 17.1 Å². The molecule has 0 aliphatic carbocycles. The average molecular weight is 289 g/mol. The van der Waals surface area contributed by atoms with Crippen LogP contribution in [0.3, 0.4) is 0 Å². The van der Waals surface area contributed by atoms with E-state index < -0.39 is 0 Å². The van der Waals surface area contributed by atoms with Crippen LogP contribution in [0.1, 0.15) is 26.3 Å². The Morgan fingerprint density at radius 2 is 1.68 bits per heavy atom. The van der Waals surface area contributed by atoms with Crippen molar-refractivity contribution < 1.29 is 0 Å². The lowest BCUT2D eigenvalue weighted by Crippen LogP contribution is -2.23. The largest absolute Gasteiger partial charge is 0.343 e. The second kappa shape index (κ2) is 4.29. The SMILES string of the molecule is CC1=NC(c2cccc3c4ccccc4n(C)c23)=NC1(C)C. The van der Waals surface area contributed by atoms with Crippen LogP contribution in [0, 0.1) is 0 Å². The number of hydrogen-bond donors (Lipinski definition) is 0. The van der Waals surface area contributed by atoms with Crippen LogP contribution in [0.15, 0.2) is 52.4 Å². The molecule has 0 unspecified atom stereocenters. The summed E-state index contributed by atoms with van der Waals surface area (Å²) in [6.07, 6.45) is 0. The predicted molar refractivity (Wildman–Crippen MR) is 94.2 cm³/mol. The van der Waals surface area contributed by atoms with Gasteiger partial charge < -0.3 is 4.57 Å². The standard InChI is InChI=1S/C19H19N3/c1-12-19(2,3)21-18(20-12)15-10-7-9-14-13-8-5-6-11-16(13)22(4)17(14)15/h5-11H,1-4H3. The van der Waals surface area contributed by atoms with Crippen molar-refractivity contribution in [2.24, 2.45) is 17.0 Å². The van der Waals surface area contributed by atoms with E-state index in [1.54, 1.807) is 0 Å². The Labute approximate surface area is 130 Å². The molecule has 2 aromatic carbocycles. The van der Waals surface area contributed by atoms with Crippen LogP contribution in [-0.4, -0.2) is 21.7 Å². The van der Waals surface area contributed by atoms with Crippen LogP contribution in [-0.2, 0) is 7.05 Å².